The predicted molar refractivity (Wildman–Crippen MR) is 55.6 cm³/mol. The molecular formula is C8H10N4S. The minimum Gasteiger partial charge on any atom is -0.395 e. The highest BCUT2D eigenvalue weighted by molar-refractivity contribution is 7.23. The first-order chi connectivity index (χ1) is 6.22. The Morgan fingerprint density at radius 2 is 2.23 bits per heavy atom. The standard InChI is InChI=1S/C8H10N4S/c1-2-4-3-11-8-6(12-4)5(9)7(10)13-8/h3H,2,9-10H2,1H3. The molecule has 4 nitrogen and oxygen atoms in total. The topological polar surface area (TPSA) is 77.8 Å². The molecule has 4 N–H and O–H groups in total. The molecular weight excluding hydrogens is 184 g/mol. The van der Waals surface area contributed by atoms with Crippen LogP contribution in [0.1, 0.15) is 12.6 Å². The Morgan fingerprint density at radius 1 is 1.46 bits per heavy atom. The number of aryl methyl sites for hydroxylation is 1. The zero-order chi connectivity index (χ0) is 9.42. The molecule has 0 radical (unpaired) electrons. The van der Waals surface area contributed by atoms with Crippen molar-refractivity contribution < 1.29 is 0 Å². The average Bonchev–Trinajstić information content (AvgIpc) is 2.43. The van der Waals surface area contributed by atoms with Crippen LogP contribution in [0.4, 0.5) is 10.7 Å². The zero-order valence-electron chi connectivity index (χ0n) is 7.24. The number of hydrogen-bond acceptors (Lipinski definition) is 5. The highest BCUT2D eigenvalue weighted by Crippen LogP contribution is 2.32. The smallest absolute Gasteiger partial charge is 0.146 e. The van der Waals surface area contributed by atoms with E-state index in [1.807, 2.05) is 6.92 Å². The van der Waals surface area contributed by atoms with E-state index in [0.717, 1.165) is 22.5 Å². The first-order valence-electron chi connectivity index (χ1n) is 4.01. The van der Waals surface area contributed by atoms with E-state index < -0.39 is 0 Å². The predicted octanol–water partition coefficient (Wildman–Crippen LogP) is 1.42. The summed E-state index contributed by atoms with van der Waals surface area (Å²) in [5, 5.41) is 0.600. The van der Waals surface area contributed by atoms with Crippen molar-refractivity contribution in [3.8, 4) is 0 Å². The van der Waals surface area contributed by atoms with Crippen molar-refractivity contribution in [1.82, 2.24) is 9.97 Å². The molecule has 0 amide bonds. The van der Waals surface area contributed by atoms with E-state index in [1.54, 1.807) is 6.20 Å². The number of rotatable bonds is 1. The van der Waals surface area contributed by atoms with E-state index in [4.69, 9.17) is 11.5 Å². The van der Waals surface area contributed by atoms with Gasteiger partial charge in [0.25, 0.3) is 0 Å². The number of nitrogens with zero attached hydrogens (tertiary/aromatic N) is 2. The van der Waals surface area contributed by atoms with Crippen LogP contribution in [0.15, 0.2) is 6.20 Å². The molecule has 0 bridgehead atoms. The van der Waals surface area contributed by atoms with Gasteiger partial charge in [0.2, 0.25) is 0 Å². The highest BCUT2D eigenvalue weighted by atomic mass is 32.1. The summed E-state index contributed by atoms with van der Waals surface area (Å²) in [5.41, 5.74) is 13.6. The number of fused-ring (bicyclic) bond motifs is 1. The van der Waals surface area contributed by atoms with Crippen LogP contribution in [0.25, 0.3) is 10.3 Å². The summed E-state index contributed by atoms with van der Waals surface area (Å²) in [5.74, 6) is 0. The first kappa shape index (κ1) is 8.25. The lowest BCUT2D eigenvalue weighted by Gasteiger charge is -1.95. The summed E-state index contributed by atoms with van der Waals surface area (Å²) in [6.45, 7) is 2.03. The van der Waals surface area contributed by atoms with Crippen LogP contribution < -0.4 is 11.5 Å². The lowest BCUT2D eigenvalue weighted by atomic mass is 10.3. The van der Waals surface area contributed by atoms with Crippen molar-refractivity contribution in [3.05, 3.63) is 11.9 Å². The van der Waals surface area contributed by atoms with E-state index in [2.05, 4.69) is 9.97 Å². The van der Waals surface area contributed by atoms with Gasteiger partial charge in [-0.2, -0.15) is 0 Å². The molecule has 68 valence electrons. The molecule has 0 aliphatic heterocycles. The maximum atomic E-state index is 5.74. The summed E-state index contributed by atoms with van der Waals surface area (Å²) < 4.78 is 0. The van der Waals surface area contributed by atoms with E-state index in [0.29, 0.717) is 10.7 Å². The van der Waals surface area contributed by atoms with Crippen LogP contribution in [-0.4, -0.2) is 9.97 Å². The van der Waals surface area contributed by atoms with E-state index in [9.17, 15) is 0 Å². The van der Waals surface area contributed by atoms with Crippen LogP contribution in [0.5, 0.6) is 0 Å². The summed E-state index contributed by atoms with van der Waals surface area (Å²) >= 11 is 1.38. The normalized spacial score (nSPS) is 10.8. The SMILES string of the molecule is CCc1cnc2sc(N)c(N)c2n1. The van der Waals surface area contributed by atoms with Crippen molar-refractivity contribution in [2.24, 2.45) is 0 Å². The fourth-order valence-corrected chi connectivity index (χ4v) is 1.88. The minimum absolute atomic E-state index is 0.558. The molecule has 0 fully saturated rings. The molecule has 0 aliphatic rings. The minimum atomic E-state index is 0.558. The Labute approximate surface area is 79.6 Å². The van der Waals surface area contributed by atoms with Gasteiger partial charge in [-0.15, -0.1) is 0 Å². The fraction of sp³-hybridized carbons (Fsp3) is 0.250. The largest absolute Gasteiger partial charge is 0.395 e. The van der Waals surface area contributed by atoms with Gasteiger partial charge in [0.05, 0.1) is 17.6 Å². The second-order valence-electron chi connectivity index (χ2n) is 2.75. The summed E-state index contributed by atoms with van der Waals surface area (Å²) in [6.07, 6.45) is 2.62. The molecule has 2 aromatic rings. The van der Waals surface area contributed by atoms with Crippen LogP contribution >= 0.6 is 11.3 Å². The van der Waals surface area contributed by atoms with Gasteiger partial charge in [-0.1, -0.05) is 18.3 Å². The Morgan fingerprint density at radius 3 is 2.92 bits per heavy atom. The number of aromatic nitrogens is 2. The molecule has 0 saturated carbocycles. The maximum Gasteiger partial charge on any atom is 0.146 e. The van der Waals surface area contributed by atoms with Gasteiger partial charge in [0.1, 0.15) is 15.3 Å². The van der Waals surface area contributed by atoms with Crippen LogP contribution in [-0.2, 0) is 6.42 Å². The van der Waals surface area contributed by atoms with E-state index >= 15 is 0 Å². The zero-order valence-corrected chi connectivity index (χ0v) is 8.06. The van der Waals surface area contributed by atoms with Gasteiger partial charge in [0, 0.05) is 0 Å². The summed E-state index contributed by atoms with van der Waals surface area (Å²) in [7, 11) is 0. The van der Waals surface area contributed by atoms with Gasteiger partial charge >= 0.3 is 0 Å². The van der Waals surface area contributed by atoms with E-state index in [1.165, 1.54) is 11.3 Å². The van der Waals surface area contributed by atoms with Crippen LogP contribution in [0.2, 0.25) is 0 Å². The number of nitrogens with two attached hydrogens (primary N) is 2. The number of nitrogen functional groups attached to an aromatic ring is 2. The van der Waals surface area contributed by atoms with Crippen molar-refractivity contribution in [3.63, 3.8) is 0 Å². The average molecular weight is 194 g/mol. The molecule has 0 unspecified atom stereocenters. The summed E-state index contributed by atoms with van der Waals surface area (Å²) in [6, 6.07) is 0. The molecule has 5 heteroatoms. The van der Waals surface area contributed by atoms with Crippen molar-refractivity contribution in [1.29, 1.82) is 0 Å². The lowest BCUT2D eigenvalue weighted by Crippen LogP contribution is -1.93. The van der Waals surface area contributed by atoms with Gasteiger partial charge in [-0.3, -0.25) is 0 Å². The quantitative estimate of drug-likeness (QED) is 0.719. The van der Waals surface area contributed by atoms with Gasteiger partial charge in [-0.05, 0) is 6.42 Å². The lowest BCUT2D eigenvalue weighted by molar-refractivity contribution is 1.03. The molecule has 0 aromatic carbocycles. The second kappa shape index (κ2) is 2.85. The van der Waals surface area contributed by atoms with Crippen molar-refractivity contribution >= 4 is 32.4 Å². The number of thiophene rings is 1. The van der Waals surface area contributed by atoms with Gasteiger partial charge in [0.15, 0.2) is 0 Å². The molecule has 2 aromatic heterocycles. The molecule has 0 spiro atoms. The Kier molecular flexibility index (Phi) is 1.81. The van der Waals surface area contributed by atoms with Crippen molar-refractivity contribution in [2.75, 3.05) is 11.5 Å². The van der Waals surface area contributed by atoms with Crippen molar-refractivity contribution in [2.45, 2.75) is 13.3 Å². The Bertz CT molecular complexity index is 449. The van der Waals surface area contributed by atoms with Gasteiger partial charge < -0.3 is 11.5 Å². The van der Waals surface area contributed by atoms with E-state index in [-0.39, 0.29) is 0 Å². The number of anilines is 2. The monoisotopic (exact) mass is 194 g/mol. The third kappa shape index (κ3) is 1.21. The fourth-order valence-electron chi connectivity index (χ4n) is 1.11. The van der Waals surface area contributed by atoms with Gasteiger partial charge in [-0.25, -0.2) is 9.97 Å². The first-order valence-corrected chi connectivity index (χ1v) is 4.83. The molecule has 0 saturated heterocycles. The molecule has 0 atom stereocenters. The van der Waals surface area contributed by atoms with Crippen LogP contribution in [0.3, 0.4) is 0 Å². The molecule has 2 rings (SSSR count). The summed E-state index contributed by atoms with van der Waals surface area (Å²) in [4.78, 5) is 9.40. The Balaban J connectivity index is 2.75. The third-order valence-corrected chi connectivity index (χ3v) is 2.81. The third-order valence-electron chi connectivity index (χ3n) is 1.88. The number of hydrogen-bond donors (Lipinski definition) is 2. The molecule has 2 heterocycles. The maximum absolute atomic E-state index is 5.74. The van der Waals surface area contributed by atoms with Crippen LogP contribution in [0, 0.1) is 0 Å². The molecule has 0 aliphatic carbocycles. The highest BCUT2D eigenvalue weighted by Gasteiger charge is 2.08. The second-order valence-corrected chi connectivity index (χ2v) is 3.78. The Hall–Kier alpha value is -1.36. The molecule has 13 heavy (non-hydrogen) atoms.